The molecule has 0 bridgehead atoms. The Bertz CT molecular complexity index is 1280. The lowest BCUT2D eigenvalue weighted by molar-refractivity contribution is -0.148. The molecule has 1 heterocycles. The molecule has 3 rings (SSSR count). The van der Waals surface area contributed by atoms with Gasteiger partial charge in [-0.2, -0.15) is 0 Å². The van der Waals surface area contributed by atoms with Crippen LogP contribution < -0.4 is 10.0 Å². The highest BCUT2D eigenvalue weighted by Crippen LogP contribution is 2.15. The lowest BCUT2D eigenvalue weighted by Crippen LogP contribution is -2.30. The summed E-state index contributed by atoms with van der Waals surface area (Å²) in [5.74, 6) is -1.23. The lowest BCUT2D eigenvalue weighted by Gasteiger charge is -2.13. The van der Waals surface area contributed by atoms with Gasteiger partial charge in [-0.1, -0.05) is 24.3 Å². The summed E-state index contributed by atoms with van der Waals surface area (Å²) in [7, 11) is -3.62. The number of nitrogens with one attached hydrogen (secondary N) is 2. The van der Waals surface area contributed by atoms with Crippen LogP contribution in [-0.2, 0) is 24.3 Å². The Kier molecular flexibility index (Phi) is 7.57. The van der Waals surface area contributed by atoms with E-state index in [1.165, 1.54) is 43.3 Å². The Morgan fingerprint density at radius 2 is 1.67 bits per heavy atom. The van der Waals surface area contributed by atoms with Gasteiger partial charge in [-0.15, -0.1) is 0 Å². The number of hydrogen-bond acceptors (Lipinski definition) is 6. The molecular formula is C24H25N3O5S. The molecule has 0 aliphatic carbocycles. The number of sulfonamides is 1. The van der Waals surface area contributed by atoms with E-state index < -0.39 is 28.0 Å². The third kappa shape index (κ3) is 6.71. The minimum Gasteiger partial charge on any atom is -0.449 e. The summed E-state index contributed by atoms with van der Waals surface area (Å²) in [4.78, 5) is 29.0. The number of carbonyl (C=O) groups is 2. The Morgan fingerprint density at radius 1 is 0.970 bits per heavy atom. The number of rotatable bonds is 8. The number of amides is 1. The van der Waals surface area contributed by atoms with E-state index >= 15 is 0 Å². The van der Waals surface area contributed by atoms with Crippen molar-refractivity contribution >= 4 is 44.6 Å². The fraction of sp³-hybridized carbons (Fsp3) is 0.208. The number of pyridine rings is 1. The smallest absolute Gasteiger partial charge is 0.331 e. The zero-order valence-corrected chi connectivity index (χ0v) is 19.3. The molecule has 33 heavy (non-hydrogen) atoms. The number of ether oxygens (including phenoxy) is 1. The van der Waals surface area contributed by atoms with Crippen molar-refractivity contribution in [3.05, 3.63) is 72.4 Å². The highest BCUT2D eigenvalue weighted by atomic mass is 32.2. The number of anilines is 1. The fourth-order valence-corrected chi connectivity index (χ4v) is 4.19. The predicted molar refractivity (Wildman–Crippen MR) is 127 cm³/mol. The number of nitrogens with zero attached hydrogens (tertiary/aromatic N) is 1. The van der Waals surface area contributed by atoms with Crippen LogP contribution in [-0.4, -0.2) is 37.4 Å². The first-order chi connectivity index (χ1) is 15.6. The predicted octanol–water partition coefficient (Wildman–Crippen LogP) is 3.51. The zero-order valence-electron chi connectivity index (χ0n) is 18.5. The molecule has 1 atom stereocenters. The van der Waals surface area contributed by atoms with Gasteiger partial charge in [0.25, 0.3) is 5.91 Å². The Hall–Kier alpha value is -3.56. The van der Waals surface area contributed by atoms with Gasteiger partial charge in [0.2, 0.25) is 10.0 Å². The molecule has 1 unspecified atom stereocenters. The number of fused-ring (bicyclic) bond motifs is 1. The summed E-state index contributed by atoms with van der Waals surface area (Å²) in [6, 6.07) is 16.8. The molecule has 0 saturated heterocycles. The first-order valence-corrected chi connectivity index (χ1v) is 11.8. The van der Waals surface area contributed by atoms with Gasteiger partial charge in [0.15, 0.2) is 6.10 Å². The van der Waals surface area contributed by atoms with Gasteiger partial charge in [-0.3, -0.25) is 4.79 Å². The van der Waals surface area contributed by atoms with Gasteiger partial charge in [0.1, 0.15) is 0 Å². The summed E-state index contributed by atoms with van der Waals surface area (Å²) in [5, 5.41) is 3.58. The monoisotopic (exact) mass is 467 g/mol. The van der Waals surface area contributed by atoms with E-state index in [1.807, 2.05) is 30.3 Å². The summed E-state index contributed by atoms with van der Waals surface area (Å²) in [6.45, 7) is 4.89. The van der Waals surface area contributed by atoms with E-state index in [2.05, 4.69) is 15.0 Å². The molecule has 0 fully saturated rings. The molecular weight excluding hydrogens is 442 g/mol. The minimum absolute atomic E-state index is 0.0844. The SMILES string of the molecule is CC(C)NS(=O)(=O)c1ccc(NC(=O)C(C)OC(=O)C=Cc2ccc3ccccc3n2)cc1. The number of benzene rings is 2. The van der Waals surface area contributed by atoms with Gasteiger partial charge in [-0.25, -0.2) is 22.9 Å². The third-order valence-corrected chi connectivity index (χ3v) is 6.17. The van der Waals surface area contributed by atoms with Crippen LogP contribution in [0.1, 0.15) is 26.5 Å². The summed E-state index contributed by atoms with van der Waals surface area (Å²) in [6.07, 6.45) is 1.67. The van der Waals surface area contributed by atoms with Crippen LogP contribution >= 0.6 is 0 Å². The van der Waals surface area contributed by atoms with Gasteiger partial charge in [0, 0.05) is 23.2 Å². The van der Waals surface area contributed by atoms with E-state index in [1.54, 1.807) is 19.9 Å². The second-order valence-corrected chi connectivity index (χ2v) is 9.34. The van der Waals surface area contributed by atoms with E-state index in [4.69, 9.17) is 4.74 Å². The minimum atomic E-state index is -3.62. The second-order valence-electron chi connectivity index (χ2n) is 7.63. The van der Waals surface area contributed by atoms with Gasteiger partial charge in [-0.05, 0) is 63.2 Å². The standard InChI is InChI=1S/C24H25N3O5S/c1-16(2)27-33(30,31)21-13-10-20(11-14-21)26-24(29)17(3)32-23(28)15-12-19-9-8-18-6-4-5-7-22(18)25-19/h4-17,27H,1-3H3,(H,26,29). The van der Waals surface area contributed by atoms with Crippen LogP contribution in [0.15, 0.2) is 71.6 Å². The van der Waals surface area contributed by atoms with Gasteiger partial charge < -0.3 is 10.1 Å². The lowest BCUT2D eigenvalue weighted by atomic mass is 10.2. The van der Waals surface area contributed by atoms with Crippen molar-refractivity contribution in [1.29, 1.82) is 0 Å². The molecule has 172 valence electrons. The normalized spacial score (nSPS) is 12.7. The largest absolute Gasteiger partial charge is 0.449 e. The molecule has 0 radical (unpaired) electrons. The third-order valence-electron chi connectivity index (χ3n) is 4.50. The van der Waals surface area contributed by atoms with Gasteiger partial charge >= 0.3 is 5.97 Å². The van der Waals surface area contributed by atoms with Gasteiger partial charge in [0.05, 0.1) is 16.1 Å². The summed E-state index contributed by atoms with van der Waals surface area (Å²) in [5.41, 5.74) is 1.77. The van der Waals surface area contributed by atoms with Crippen LogP contribution in [0.2, 0.25) is 0 Å². The van der Waals surface area contributed by atoms with Crippen molar-refractivity contribution in [2.24, 2.45) is 0 Å². The molecule has 0 spiro atoms. The molecule has 0 aliphatic heterocycles. The number of para-hydroxylation sites is 1. The molecule has 3 aromatic rings. The highest BCUT2D eigenvalue weighted by molar-refractivity contribution is 7.89. The number of aromatic nitrogens is 1. The van der Waals surface area contributed by atoms with E-state index in [-0.39, 0.29) is 10.9 Å². The van der Waals surface area contributed by atoms with Crippen molar-refractivity contribution in [3.63, 3.8) is 0 Å². The van der Waals surface area contributed by atoms with Crippen LogP contribution in [0.5, 0.6) is 0 Å². The van der Waals surface area contributed by atoms with Crippen molar-refractivity contribution in [1.82, 2.24) is 9.71 Å². The number of hydrogen-bond donors (Lipinski definition) is 2. The first-order valence-electron chi connectivity index (χ1n) is 10.3. The average Bonchev–Trinajstić information content (AvgIpc) is 2.77. The molecule has 1 aromatic heterocycles. The Labute approximate surface area is 192 Å². The zero-order chi connectivity index (χ0) is 24.0. The molecule has 1 amide bonds. The Morgan fingerprint density at radius 3 is 2.36 bits per heavy atom. The summed E-state index contributed by atoms with van der Waals surface area (Å²) < 4.78 is 32.0. The molecule has 2 aromatic carbocycles. The molecule has 8 nitrogen and oxygen atoms in total. The maximum absolute atomic E-state index is 12.3. The van der Waals surface area contributed by atoms with Crippen LogP contribution in [0.3, 0.4) is 0 Å². The molecule has 2 N–H and O–H groups in total. The molecule has 9 heteroatoms. The first kappa shape index (κ1) is 24.1. The van der Waals surface area contributed by atoms with Crippen LogP contribution in [0, 0.1) is 0 Å². The number of carbonyl (C=O) groups excluding carboxylic acids is 2. The molecule has 0 aliphatic rings. The van der Waals surface area contributed by atoms with Crippen molar-refractivity contribution < 1.29 is 22.7 Å². The van der Waals surface area contributed by atoms with Crippen molar-refractivity contribution in [2.45, 2.75) is 37.8 Å². The second kappa shape index (κ2) is 10.4. The van der Waals surface area contributed by atoms with Crippen LogP contribution in [0.4, 0.5) is 5.69 Å². The van der Waals surface area contributed by atoms with Crippen molar-refractivity contribution in [3.8, 4) is 0 Å². The molecule has 0 saturated carbocycles. The van der Waals surface area contributed by atoms with E-state index in [9.17, 15) is 18.0 Å². The Balaban J connectivity index is 1.56. The van der Waals surface area contributed by atoms with E-state index in [0.717, 1.165) is 10.9 Å². The maximum Gasteiger partial charge on any atom is 0.331 e. The number of esters is 1. The topological polar surface area (TPSA) is 114 Å². The fourth-order valence-electron chi connectivity index (χ4n) is 2.93. The summed E-state index contributed by atoms with van der Waals surface area (Å²) >= 11 is 0. The maximum atomic E-state index is 12.3. The van der Waals surface area contributed by atoms with E-state index in [0.29, 0.717) is 11.4 Å². The highest BCUT2D eigenvalue weighted by Gasteiger charge is 2.18. The quantitative estimate of drug-likeness (QED) is 0.387. The van der Waals surface area contributed by atoms with Crippen molar-refractivity contribution in [2.75, 3.05) is 5.32 Å². The average molecular weight is 468 g/mol. The van der Waals surface area contributed by atoms with Crippen LogP contribution in [0.25, 0.3) is 17.0 Å².